The van der Waals surface area contributed by atoms with Gasteiger partial charge >= 0.3 is 0 Å². The highest BCUT2D eigenvalue weighted by Crippen LogP contribution is 2.40. The molecule has 1 saturated carbocycles. The molecule has 1 aromatic carbocycles. The summed E-state index contributed by atoms with van der Waals surface area (Å²) in [5.41, 5.74) is 3.52. The Bertz CT molecular complexity index is 1490. The van der Waals surface area contributed by atoms with Gasteiger partial charge in [0, 0.05) is 34.8 Å². The van der Waals surface area contributed by atoms with E-state index in [1.54, 1.807) is 18.3 Å². The van der Waals surface area contributed by atoms with E-state index in [-0.39, 0.29) is 22.9 Å². The van der Waals surface area contributed by atoms with Gasteiger partial charge in [-0.3, -0.25) is 4.68 Å². The molecule has 0 N–H and O–H groups in total. The fourth-order valence-electron chi connectivity index (χ4n) is 4.28. The zero-order valence-electron chi connectivity index (χ0n) is 20.8. The fraction of sp³-hybridized carbons (Fsp3) is 0.400. The number of benzene rings is 1. The molecule has 0 unspecified atom stereocenters. The van der Waals surface area contributed by atoms with Crippen molar-refractivity contribution < 1.29 is 11.9 Å². The lowest BCUT2D eigenvalue weighted by Gasteiger charge is -2.28. The lowest BCUT2D eigenvalue weighted by molar-refractivity contribution is 0.00396. The molecule has 174 valence electrons. The first-order valence-corrected chi connectivity index (χ1v) is 11.7. The maximum atomic E-state index is 15.0. The second-order valence-electron chi connectivity index (χ2n) is 8.99. The molecule has 9 heteroatoms. The Morgan fingerprint density at radius 3 is 2.74 bits per heavy atom. The predicted molar refractivity (Wildman–Crippen MR) is 126 cm³/mol. The molecule has 1 saturated heterocycles. The zero-order valence-corrected chi connectivity index (χ0v) is 19.6. The summed E-state index contributed by atoms with van der Waals surface area (Å²) in [6.45, 7) is 1.78. The summed E-state index contributed by atoms with van der Waals surface area (Å²) < 4.78 is 39.7. The number of nitrogens with zero attached hydrogens (tertiary/aromatic N) is 6. The third-order valence-corrected chi connectivity index (χ3v) is 6.71. The van der Waals surface area contributed by atoms with Crippen molar-refractivity contribution in [1.29, 1.82) is 0 Å². The van der Waals surface area contributed by atoms with Gasteiger partial charge in [0.1, 0.15) is 22.9 Å². The Labute approximate surface area is 204 Å². The molecule has 7 nitrogen and oxygen atoms in total. The van der Waals surface area contributed by atoms with Crippen LogP contribution in [0.4, 0.5) is 4.39 Å². The Morgan fingerprint density at radius 2 is 1.94 bits per heavy atom. The number of ether oxygens (including phenoxy) is 1. The lowest BCUT2D eigenvalue weighted by Crippen LogP contribution is -2.20. The molecule has 6 rings (SSSR count). The number of halogens is 2. The van der Waals surface area contributed by atoms with Crippen molar-refractivity contribution >= 4 is 22.8 Å². The summed E-state index contributed by atoms with van der Waals surface area (Å²) >= 11 is 5.99. The van der Waals surface area contributed by atoms with Crippen LogP contribution in [0.25, 0.3) is 22.4 Å². The van der Waals surface area contributed by atoms with E-state index < -0.39 is 18.5 Å². The predicted octanol–water partition coefficient (Wildman–Crippen LogP) is 5.66. The van der Waals surface area contributed by atoms with Crippen molar-refractivity contribution in [2.24, 2.45) is 0 Å². The van der Waals surface area contributed by atoms with E-state index in [1.807, 2.05) is 24.7 Å². The summed E-state index contributed by atoms with van der Waals surface area (Å²) in [7, 11) is 0. The van der Waals surface area contributed by atoms with Crippen molar-refractivity contribution in [3.8, 4) is 11.3 Å². The first-order chi connectivity index (χ1) is 17.2. The molecule has 2 fully saturated rings. The third kappa shape index (κ3) is 3.95. The highest BCUT2D eigenvalue weighted by molar-refractivity contribution is 6.30. The van der Waals surface area contributed by atoms with E-state index in [9.17, 15) is 0 Å². The van der Waals surface area contributed by atoms with Crippen molar-refractivity contribution in [3.05, 3.63) is 64.2 Å². The van der Waals surface area contributed by atoms with Gasteiger partial charge in [-0.1, -0.05) is 11.6 Å². The van der Waals surface area contributed by atoms with Gasteiger partial charge in [-0.05, 0) is 57.7 Å². The van der Waals surface area contributed by atoms with Crippen LogP contribution in [0, 0.1) is 19.7 Å². The molecule has 0 bridgehead atoms. The van der Waals surface area contributed by atoms with Gasteiger partial charge in [0.25, 0.3) is 0 Å². The van der Waals surface area contributed by atoms with Gasteiger partial charge in [0.15, 0.2) is 5.65 Å². The van der Waals surface area contributed by atoms with Crippen LogP contribution in [0.3, 0.4) is 0 Å². The smallest absolute Gasteiger partial charge is 0.182 e. The number of aromatic nitrogens is 6. The summed E-state index contributed by atoms with van der Waals surface area (Å²) in [6.07, 6.45) is 5.90. The molecule has 34 heavy (non-hydrogen) atoms. The molecule has 0 radical (unpaired) electrons. The fourth-order valence-corrected chi connectivity index (χ4v) is 4.44. The number of rotatable bonds is 4. The van der Waals surface area contributed by atoms with Gasteiger partial charge in [-0.25, -0.2) is 24.3 Å². The van der Waals surface area contributed by atoms with Gasteiger partial charge < -0.3 is 4.74 Å². The van der Waals surface area contributed by atoms with Crippen molar-refractivity contribution in [3.63, 3.8) is 0 Å². The number of fused-ring (bicyclic) bond motifs is 1. The quantitative estimate of drug-likeness (QED) is 0.375. The second-order valence-corrected chi connectivity index (χ2v) is 9.43. The first-order valence-electron chi connectivity index (χ1n) is 12.4. The minimum Gasteiger partial charge on any atom is -0.373 e. The molecule has 0 spiro atoms. The van der Waals surface area contributed by atoms with Gasteiger partial charge in [-0.2, -0.15) is 5.10 Å². The average molecular weight is 481 g/mol. The summed E-state index contributed by atoms with van der Waals surface area (Å²) in [6, 6.07) is 4.82. The average Bonchev–Trinajstić information content (AvgIpc) is 3.55. The second kappa shape index (κ2) is 8.36. The highest BCUT2D eigenvalue weighted by atomic mass is 35.5. The van der Waals surface area contributed by atoms with Crippen LogP contribution in [0.5, 0.6) is 0 Å². The van der Waals surface area contributed by atoms with Crippen LogP contribution in [0.1, 0.15) is 69.3 Å². The number of aryl methyl sites for hydroxylation is 2. The van der Waals surface area contributed by atoms with Gasteiger partial charge in [0.05, 0.1) is 32.5 Å². The topological polar surface area (TPSA) is 78.6 Å². The lowest BCUT2D eigenvalue weighted by atomic mass is 9.92. The first kappa shape index (κ1) is 19.3. The minimum absolute atomic E-state index is 0.0621. The van der Waals surface area contributed by atoms with Gasteiger partial charge in [-0.15, -0.1) is 0 Å². The Balaban J connectivity index is 1.45. The van der Waals surface area contributed by atoms with Crippen LogP contribution in [-0.4, -0.2) is 36.3 Å². The number of hydrogen-bond acceptors (Lipinski definition) is 6. The Morgan fingerprint density at radius 1 is 1.12 bits per heavy atom. The van der Waals surface area contributed by atoms with Crippen LogP contribution in [0.2, 0.25) is 5.02 Å². The van der Waals surface area contributed by atoms with Crippen LogP contribution in [-0.2, 0) is 4.74 Å². The molecule has 4 heterocycles. The van der Waals surface area contributed by atoms with E-state index in [0.717, 1.165) is 18.4 Å². The summed E-state index contributed by atoms with van der Waals surface area (Å²) in [5, 5.41) is 4.72. The minimum atomic E-state index is -1.89. The molecule has 1 aliphatic carbocycles. The van der Waals surface area contributed by atoms with E-state index in [4.69, 9.17) is 29.0 Å². The largest absolute Gasteiger partial charge is 0.373 e. The normalized spacial score (nSPS) is 23.1. The van der Waals surface area contributed by atoms with Crippen LogP contribution >= 0.6 is 11.6 Å². The van der Waals surface area contributed by atoms with E-state index in [0.29, 0.717) is 46.5 Å². The molecule has 2 atom stereocenters. The third-order valence-electron chi connectivity index (χ3n) is 6.48. The van der Waals surface area contributed by atoms with Gasteiger partial charge in [0.2, 0.25) is 0 Å². The number of hydrogen-bond donors (Lipinski definition) is 0. The Hall–Kier alpha value is -2.97. The molecule has 4 aromatic rings. The summed E-state index contributed by atoms with van der Waals surface area (Å²) in [5.74, 6) is -0.526. The molecular formula is C25H24ClFN6O. The van der Waals surface area contributed by atoms with E-state index in [2.05, 4.69) is 15.1 Å². The zero-order chi connectivity index (χ0) is 25.2. The van der Waals surface area contributed by atoms with Crippen molar-refractivity contribution in [2.45, 2.75) is 57.6 Å². The SMILES string of the molecule is [2H]C1([2H])C[C@H](c2nc(-c3ccc(Cl)cc3F)c3nc(C)c(C)nc3n2)C[C@H](c2cnn(C3CC3)c2)O1. The highest BCUT2D eigenvalue weighted by Gasteiger charge is 2.31. The van der Waals surface area contributed by atoms with Crippen LogP contribution < -0.4 is 0 Å². The van der Waals surface area contributed by atoms with E-state index >= 15 is 4.39 Å². The standard InChI is InChI=1S/C25H24ClFN6O/c1-13-14(2)30-25-23(29-13)22(19-6-3-17(26)10-20(19)27)31-24(32-25)15-7-8-34-21(9-15)16-11-28-33(12-16)18-4-5-18/h3,6,10-12,15,18,21H,4-5,7-9H2,1-2H3/t15-,21+/m0/s1/i8D2. The molecule has 1 aliphatic heterocycles. The van der Waals surface area contributed by atoms with E-state index in [1.165, 1.54) is 6.07 Å². The van der Waals surface area contributed by atoms with Crippen molar-refractivity contribution in [1.82, 2.24) is 29.7 Å². The van der Waals surface area contributed by atoms with Crippen LogP contribution in [0.15, 0.2) is 30.6 Å². The molecule has 3 aromatic heterocycles. The maximum absolute atomic E-state index is 15.0. The molecule has 2 aliphatic rings. The monoisotopic (exact) mass is 480 g/mol. The van der Waals surface area contributed by atoms with Crippen molar-refractivity contribution in [2.75, 3.05) is 6.56 Å². The molecular weight excluding hydrogens is 455 g/mol. The maximum Gasteiger partial charge on any atom is 0.182 e. The molecule has 0 amide bonds. The summed E-state index contributed by atoms with van der Waals surface area (Å²) in [4.78, 5) is 18.7. The Kier molecular flexibility index (Phi) is 4.76.